The van der Waals surface area contributed by atoms with Gasteiger partial charge in [0.05, 0.1) is 0 Å². The minimum atomic E-state index is -0.809. The Kier molecular flexibility index (Phi) is 10.4. The number of allylic oxidation sites excluding steroid dienone is 1. The van der Waals surface area contributed by atoms with Gasteiger partial charge in [0, 0.05) is 35.1 Å². The van der Waals surface area contributed by atoms with Crippen LogP contribution in [0, 0.1) is 0 Å². The summed E-state index contributed by atoms with van der Waals surface area (Å²) in [5.41, 5.74) is 0.452. The maximum absolute atomic E-state index is 10.2. The molecule has 0 aromatic rings. The molecule has 1 N–H and O–H groups in total. The maximum Gasteiger partial charge on any atom is 0.330 e. The molecule has 0 amide bonds. The first-order valence-corrected chi connectivity index (χ1v) is 3.58. The number of aliphatic carboxylic acids is 1. The van der Waals surface area contributed by atoms with E-state index in [1.54, 1.807) is 13.0 Å². The Morgan fingerprint density at radius 1 is 1.55 bits per heavy atom. The van der Waals surface area contributed by atoms with Crippen molar-refractivity contribution in [1.82, 2.24) is 0 Å². The Morgan fingerprint density at radius 3 is 2.45 bits per heavy atom. The number of carboxylic acid groups (broad SMARTS) is 1. The Bertz CT molecular complexity index is 141. The molecule has 0 heterocycles. The van der Waals surface area contributed by atoms with Gasteiger partial charge < -0.3 is 5.11 Å². The third-order valence-corrected chi connectivity index (χ3v) is 1.35. The van der Waals surface area contributed by atoms with Crippen LogP contribution in [0.5, 0.6) is 0 Å². The fraction of sp³-hybridized carbons (Fsp3) is 0.625. The molecule has 0 spiro atoms. The summed E-state index contributed by atoms with van der Waals surface area (Å²) in [7, 11) is 0. The normalized spacial score (nSPS) is 10.5. The average Bonchev–Trinajstić information content (AvgIpc) is 1.88. The first-order chi connectivity index (χ1) is 4.68. The van der Waals surface area contributed by atoms with Crippen molar-refractivity contribution < 1.29 is 9.90 Å². The number of rotatable bonds is 4. The molecule has 3 heteroatoms. The van der Waals surface area contributed by atoms with Crippen molar-refractivity contribution in [1.29, 1.82) is 0 Å². The molecule has 11 heavy (non-hydrogen) atoms. The number of hydrogen-bond donors (Lipinski definition) is 1. The number of carbonyl (C=O) groups is 1. The molecule has 0 aliphatic carbocycles. The van der Waals surface area contributed by atoms with Crippen LogP contribution in [0.4, 0.5) is 0 Å². The summed E-state index contributed by atoms with van der Waals surface area (Å²) in [6.45, 7) is 3.71. The molecule has 0 aromatic carbocycles. The Hall–Kier alpha value is 0.210. The van der Waals surface area contributed by atoms with Crippen molar-refractivity contribution in [3.8, 4) is 0 Å². The predicted molar refractivity (Wildman–Crippen MR) is 46.7 cm³/mol. The van der Waals surface area contributed by atoms with E-state index in [-0.39, 0.29) is 29.6 Å². The van der Waals surface area contributed by atoms with Crippen molar-refractivity contribution in [2.75, 3.05) is 0 Å². The molecule has 59 valence electrons. The van der Waals surface area contributed by atoms with E-state index < -0.39 is 5.97 Å². The first-order valence-electron chi connectivity index (χ1n) is 3.58. The average molecular weight is 165 g/mol. The summed E-state index contributed by atoms with van der Waals surface area (Å²) < 4.78 is 0. The molecule has 0 bridgehead atoms. The zero-order chi connectivity index (χ0) is 7.98. The molecular weight excluding hydrogens is 151 g/mol. The summed E-state index contributed by atoms with van der Waals surface area (Å²) in [5.74, 6) is -0.809. The van der Waals surface area contributed by atoms with E-state index in [1.807, 2.05) is 0 Å². The van der Waals surface area contributed by atoms with Crippen LogP contribution < -0.4 is 0 Å². The van der Waals surface area contributed by atoms with E-state index in [4.69, 9.17) is 5.11 Å². The van der Waals surface area contributed by atoms with E-state index in [9.17, 15) is 4.79 Å². The molecule has 2 nitrogen and oxygen atoms in total. The maximum atomic E-state index is 10.2. The molecule has 0 aliphatic rings. The Morgan fingerprint density at radius 2 is 2.09 bits per heavy atom. The van der Waals surface area contributed by atoms with Gasteiger partial charge in [-0.2, -0.15) is 0 Å². The molecule has 0 rings (SSSR count). The number of unbranched alkanes of at least 4 members (excludes halogenated alkanes) is 2. The minimum absolute atomic E-state index is 0. The number of hydrogen-bond acceptors (Lipinski definition) is 1. The minimum Gasteiger partial charge on any atom is -0.478 e. The standard InChI is InChI=1S/C8H14O2.Na/c1-3-4-5-6-7(2)8(9)10;/h6H,3-5H2,1-2H3,(H,9,10);. The second-order valence-electron chi connectivity index (χ2n) is 2.33. The zero-order valence-electron chi connectivity index (χ0n) is 7.55. The Balaban J connectivity index is 0. The van der Waals surface area contributed by atoms with Crippen molar-refractivity contribution >= 4 is 35.5 Å². The van der Waals surface area contributed by atoms with Crippen molar-refractivity contribution in [3.63, 3.8) is 0 Å². The van der Waals surface area contributed by atoms with Crippen LogP contribution in [0.3, 0.4) is 0 Å². The fourth-order valence-corrected chi connectivity index (χ4v) is 0.610. The third kappa shape index (κ3) is 8.11. The predicted octanol–water partition coefficient (Wildman–Crippen LogP) is 1.83. The summed E-state index contributed by atoms with van der Waals surface area (Å²) in [4.78, 5) is 10.2. The van der Waals surface area contributed by atoms with Gasteiger partial charge in [-0.3, -0.25) is 0 Å². The van der Waals surface area contributed by atoms with Crippen LogP contribution in [0.1, 0.15) is 33.1 Å². The summed E-state index contributed by atoms with van der Waals surface area (Å²) in [6, 6.07) is 0. The fourth-order valence-electron chi connectivity index (χ4n) is 0.610. The van der Waals surface area contributed by atoms with Gasteiger partial charge in [-0.25, -0.2) is 4.79 Å². The van der Waals surface area contributed by atoms with Crippen LogP contribution in [0.25, 0.3) is 0 Å². The van der Waals surface area contributed by atoms with Gasteiger partial charge in [0.15, 0.2) is 0 Å². The monoisotopic (exact) mass is 165 g/mol. The SMILES string of the molecule is CCCCC=C(C)C(=O)O.[Na]. The van der Waals surface area contributed by atoms with E-state index in [0.29, 0.717) is 5.57 Å². The van der Waals surface area contributed by atoms with Crippen molar-refractivity contribution in [2.24, 2.45) is 0 Å². The van der Waals surface area contributed by atoms with Crippen LogP contribution in [-0.2, 0) is 4.79 Å². The smallest absolute Gasteiger partial charge is 0.330 e. The third-order valence-electron chi connectivity index (χ3n) is 1.35. The first kappa shape index (κ1) is 13.8. The van der Waals surface area contributed by atoms with Crippen molar-refractivity contribution in [2.45, 2.75) is 33.1 Å². The van der Waals surface area contributed by atoms with Gasteiger partial charge in [0.2, 0.25) is 0 Å². The zero-order valence-corrected chi connectivity index (χ0v) is 9.55. The molecule has 0 saturated heterocycles. The molecule has 1 radical (unpaired) electrons. The summed E-state index contributed by atoms with van der Waals surface area (Å²) in [6.07, 6.45) is 4.84. The van der Waals surface area contributed by atoms with Gasteiger partial charge in [-0.1, -0.05) is 25.8 Å². The van der Waals surface area contributed by atoms with Gasteiger partial charge in [-0.15, -0.1) is 0 Å². The summed E-state index contributed by atoms with van der Waals surface area (Å²) >= 11 is 0. The summed E-state index contributed by atoms with van der Waals surface area (Å²) in [5, 5.41) is 8.41. The van der Waals surface area contributed by atoms with E-state index in [1.165, 1.54) is 0 Å². The molecular formula is C8H14NaO2. The van der Waals surface area contributed by atoms with Gasteiger partial charge >= 0.3 is 5.97 Å². The molecule has 0 atom stereocenters. The molecule has 0 saturated carbocycles. The van der Waals surface area contributed by atoms with Gasteiger partial charge in [0.25, 0.3) is 0 Å². The van der Waals surface area contributed by atoms with Crippen molar-refractivity contribution in [3.05, 3.63) is 11.6 Å². The van der Waals surface area contributed by atoms with E-state index in [2.05, 4.69) is 6.92 Å². The molecule has 0 aliphatic heterocycles. The van der Waals surface area contributed by atoms with E-state index >= 15 is 0 Å². The van der Waals surface area contributed by atoms with Gasteiger partial charge in [0.1, 0.15) is 0 Å². The largest absolute Gasteiger partial charge is 0.478 e. The van der Waals surface area contributed by atoms with Crippen LogP contribution in [0.2, 0.25) is 0 Å². The molecule has 0 aromatic heterocycles. The molecule has 0 unspecified atom stereocenters. The second kappa shape index (κ2) is 8.31. The Labute approximate surface area is 90.0 Å². The van der Waals surface area contributed by atoms with Crippen LogP contribution in [0.15, 0.2) is 11.6 Å². The van der Waals surface area contributed by atoms with E-state index in [0.717, 1.165) is 19.3 Å². The topological polar surface area (TPSA) is 37.3 Å². The van der Waals surface area contributed by atoms with Gasteiger partial charge in [-0.05, 0) is 13.3 Å². The second-order valence-corrected chi connectivity index (χ2v) is 2.33. The van der Waals surface area contributed by atoms with Crippen LogP contribution in [-0.4, -0.2) is 40.6 Å². The van der Waals surface area contributed by atoms with Crippen LogP contribution >= 0.6 is 0 Å². The quantitative estimate of drug-likeness (QED) is 0.392. The molecule has 0 fully saturated rings. The number of carboxylic acids is 1.